The number of hydrogen-bond donors (Lipinski definition) is 1. The number of ether oxygens (including phenoxy) is 1. The fraction of sp³-hybridized carbons (Fsp3) is 0.0588. The molecule has 0 aliphatic rings. The molecule has 0 radical (unpaired) electrons. The van der Waals surface area contributed by atoms with Gasteiger partial charge in [-0.3, -0.25) is 0 Å². The van der Waals surface area contributed by atoms with Gasteiger partial charge in [-0.1, -0.05) is 12.1 Å². The first-order chi connectivity index (χ1) is 10.1. The second kappa shape index (κ2) is 6.40. The highest BCUT2D eigenvalue weighted by Gasteiger charge is 2.03. The molecule has 0 saturated carbocycles. The van der Waals surface area contributed by atoms with Gasteiger partial charge in [0.25, 0.3) is 0 Å². The summed E-state index contributed by atoms with van der Waals surface area (Å²) in [4.78, 5) is 10.5. The second-order valence-electron chi connectivity index (χ2n) is 4.43. The Hall–Kier alpha value is -3.06. The predicted octanol–water partition coefficient (Wildman–Crippen LogP) is 3.76. The van der Waals surface area contributed by atoms with Crippen LogP contribution in [-0.2, 0) is 4.79 Å². The Bertz CT molecular complexity index is 725. The van der Waals surface area contributed by atoms with Crippen LogP contribution in [0.4, 0.5) is 0 Å². The molecular formula is C17H13NO3. The summed E-state index contributed by atoms with van der Waals surface area (Å²) in [6, 6.07) is 14.3. The number of carbonyl (C=O) groups is 1. The number of aliphatic carboxylic acids is 1. The number of nitriles is 1. The number of rotatable bonds is 4. The van der Waals surface area contributed by atoms with E-state index in [-0.39, 0.29) is 0 Å². The van der Waals surface area contributed by atoms with Gasteiger partial charge >= 0.3 is 5.97 Å². The van der Waals surface area contributed by atoms with Gasteiger partial charge in [0, 0.05) is 6.08 Å². The normalized spacial score (nSPS) is 10.3. The Morgan fingerprint density at radius 2 is 1.95 bits per heavy atom. The maximum Gasteiger partial charge on any atom is 0.328 e. The van der Waals surface area contributed by atoms with Gasteiger partial charge in [-0.15, -0.1) is 0 Å². The quantitative estimate of drug-likeness (QED) is 0.865. The first-order valence-electron chi connectivity index (χ1n) is 6.28. The minimum Gasteiger partial charge on any atom is -0.478 e. The lowest BCUT2D eigenvalue weighted by Crippen LogP contribution is -1.90. The molecule has 0 atom stereocenters. The Morgan fingerprint density at radius 1 is 1.24 bits per heavy atom. The van der Waals surface area contributed by atoms with Crippen LogP contribution in [0.15, 0.2) is 48.5 Å². The van der Waals surface area contributed by atoms with Gasteiger partial charge in [0.1, 0.15) is 11.5 Å². The van der Waals surface area contributed by atoms with Gasteiger partial charge in [-0.25, -0.2) is 4.79 Å². The summed E-state index contributed by atoms with van der Waals surface area (Å²) >= 11 is 0. The Labute approximate surface area is 122 Å². The summed E-state index contributed by atoms with van der Waals surface area (Å²) in [5.41, 5.74) is 2.25. The average Bonchev–Trinajstić information content (AvgIpc) is 2.48. The van der Waals surface area contributed by atoms with Crippen molar-refractivity contribution in [2.75, 3.05) is 0 Å². The Kier molecular flexibility index (Phi) is 4.37. The molecule has 0 aliphatic carbocycles. The first-order valence-corrected chi connectivity index (χ1v) is 6.28. The van der Waals surface area contributed by atoms with Crippen LogP contribution in [-0.4, -0.2) is 11.1 Å². The zero-order valence-electron chi connectivity index (χ0n) is 11.4. The lowest BCUT2D eigenvalue weighted by atomic mass is 10.1. The number of aryl methyl sites for hydroxylation is 1. The molecule has 0 bridgehead atoms. The zero-order valence-corrected chi connectivity index (χ0v) is 11.4. The van der Waals surface area contributed by atoms with E-state index in [2.05, 4.69) is 0 Å². The van der Waals surface area contributed by atoms with Crippen molar-refractivity contribution in [3.63, 3.8) is 0 Å². The van der Waals surface area contributed by atoms with Crippen molar-refractivity contribution in [3.05, 3.63) is 65.2 Å². The summed E-state index contributed by atoms with van der Waals surface area (Å²) in [7, 11) is 0. The molecule has 0 aromatic heterocycles. The number of benzene rings is 2. The molecule has 0 aliphatic heterocycles. The van der Waals surface area contributed by atoms with Crippen molar-refractivity contribution < 1.29 is 14.6 Å². The first kappa shape index (κ1) is 14.4. The van der Waals surface area contributed by atoms with Crippen molar-refractivity contribution >= 4 is 12.0 Å². The van der Waals surface area contributed by atoms with Crippen LogP contribution >= 0.6 is 0 Å². The molecule has 4 nitrogen and oxygen atoms in total. The molecule has 2 rings (SSSR count). The van der Waals surface area contributed by atoms with Crippen LogP contribution in [0.1, 0.15) is 16.7 Å². The summed E-state index contributed by atoms with van der Waals surface area (Å²) in [6.07, 6.45) is 2.59. The summed E-state index contributed by atoms with van der Waals surface area (Å²) in [5, 5.41) is 17.4. The Morgan fingerprint density at radius 3 is 2.57 bits per heavy atom. The van der Waals surface area contributed by atoms with E-state index in [4.69, 9.17) is 15.1 Å². The van der Waals surface area contributed by atoms with Gasteiger partial charge in [-0.05, 0) is 54.5 Å². The van der Waals surface area contributed by atoms with E-state index in [1.54, 1.807) is 30.3 Å². The molecule has 2 aromatic carbocycles. The van der Waals surface area contributed by atoms with Gasteiger partial charge in [0.05, 0.1) is 11.6 Å². The molecule has 0 spiro atoms. The van der Waals surface area contributed by atoms with Crippen LogP contribution in [0.25, 0.3) is 6.08 Å². The molecule has 0 fully saturated rings. The molecule has 4 heteroatoms. The van der Waals surface area contributed by atoms with Gasteiger partial charge in [0.15, 0.2) is 0 Å². The van der Waals surface area contributed by atoms with Gasteiger partial charge < -0.3 is 9.84 Å². The van der Waals surface area contributed by atoms with Crippen LogP contribution in [0.5, 0.6) is 11.5 Å². The molecule has 2 aromatic rings. The topological polar surface area (TPSA) is 70.3 Å². The largest absolute Gasteiger partial charge is 0.478 e. The lowest BCUT2D eigenvalue weighted by Gasteiger charge is -2.09. The van der Waals surface area contributed by atoms with E-state index in [1.165, 1.54) is 6.08 Å². The van der Waals surface area contributed by atoms with E-state index in [0.29, 0.717) is 17.1 Å². The average molecular weight is 279 g/mol. The highest BCUT2D eigenvalue weighted by Crippen LogP contribution is 2.26. The van der Waals surface area contributed by atoms with Crippen molar-refractivity contribution in [1.82, 2.24) is 0 Å². The van der Waals surface area contributed by atoms with Crippen molar-refractivity contribution in [2.45, 2.75) is 6.92 Å². The van der Waals surface area contributed by atoms with Gasteiger partial charge in [0.2, 0.25) is 0 Å². The second-order valence-corrected chi connectivity index (χ2v) is 4.43. The predicted molar refractivity (Wildman–Crippen MR) is 79.1 cm³/mol. The van der Waals surface area contributed by atoms with E-state index >= 15 is 0 Å². The monoisotopic (exact) mass is 279 g/mol. The highest BCUT2D eigenvalue weighted by atomic mass is 16.5. The SMILES string of the molecule is Cc1ccc(/C=C/C(=O)O)cc1Oc1ccc(C#N)cc1. The number of carboxylic acid groups (broad SMARTS) is 1. The van der Waals surface area contributed by atoms with E-state index in [0.717, 1.165) is 17.2 Å². The lowest BCUT2D eigenvalue weighted by molar-refractivity contribution is -0.131. The number of carboxylic acids is 1. The Balaban J connectivity index is 2.24. The molecular weight excluding hydrogens is 266 g/mol. The van der Waals surface area contributed by atoms with Crippen molar-refractivity contribution in [3.8, 4) is 17.6 Å². The third-order valence-corrected chi connectivity index (χ3v) is 2.84. The third-order valence-electron chi connectivity index (χ3n) is 2.84. The van der Waals surface area contributed by atoms with Crippen molar-refractivity contribution in [2.24, 2.45) is 0 Å². The van der Waals surface area contributed by atoms with Crippen LogP contribution in [0.3, 0.4) is 0 Å². The van der Waals surface area contributed by atoms with Gasteiger partial charge in [-0.2, -0.15) is 5.26 Å². The van der Waals surface area contributed by atoms with E-state index in [1.807, 2.05) is 25.1 Å². The molecule has 21 heavy (non-hydrogen) atoms. The summed E-state index contributed by atoms with van der Waals surface area (Å²) in [6.45, 7) is 1.91. The standard InChI is InChI=1S/C17H13NO3/c1-12-2-3-13(6-9-17(19)20)10-16(12)21-15-7-4-14(11-18)5-8-15/h2-10H,1H3,(H,19,20)/b9-6+. The minimum atomic E-state index is -0.995. The molecule has 0 unspecified atom stereocenters. The van der Waals surface area contributed by atoms with Crippen LogP contribution in [0, 0.1) is 18.3 Å². The third kappa shape index (κ3) is 3.95. The maximum absolute atomic E-state index is 10.5. The number of hydrogen-bond acceptors (Lipinski definition) is 3. The molecule has 0 amide bonds. The maximum atomic E-state index is 10.5. The van der Waals surface area contributed by atoms with Crippen LogP contribution in [0.2, 0.25) is 0 Å². The molecule has 1 N–H and O–H groups in total. The number of nitrogens with zero attached hydrogens (tertiary/aromatic N) is 1. The molecule has 0 heterocycles. The van der Waals surface area contributed by atoms with E-state index in [9.17, 15) is 4.79 Å². The minimum absolute atomic E-state index is 0.567. The summed E-state index contributed by atoms with van der Waals surface area (Å²) in [5.74, 6) is 0.272. The van der Waals surface area contributed by atoms with E-state index < -0.39 is 5.97 Å². The fourth-order valence-corrected chi connectivity index (χ4v) is 1.72. The molecule has 104 valence electrons. The zero-order chi connectivity index (χ0) is 15.2. The fourth-order valence-electron chi connectivity index (χ4n) is 1.72. The highest BCUT2D eigenvalue weighted by molar-refractivity contribution is 5.85. The van der Waals surface area contributed by atoms with Crippen LogP contribution < -0.4 is 4.74 Å². The van der Waals surface area contributed by atoms with Crippen molar-refractivity contribution in [1.29, 1.82) is 5.26 Å². The summed E-state index contributed by atoms with van der Waals surface area (Å²) < 4.78 is 5.77. The molecule has 0 saturated heterocycles. The smallest absolute Gasteiger partial charge is 0.328 e.